The second-order valence-electron chi connectivity index (χ2n) is 4.51. The highest BCUT2D eigenvalue weighted by Crippen LogP contribution is 2.21. The Labute approximate surface area is 114 Å². The average Bonchev–Trinajstić information content (AvgIpc) is 2.92. The number of aromatic amines is 1. The van der Waals surface area contributed by atoms with Gasteiger partial charge in [-0.25, -0.2) is 4.98 Å². The minimum absolute atomic E-state index is 0.694. The van der Waals surface area contributed by atoms with Crippen LogP contribution < -0.4 is 10.5 Å². The van der Waals surface area contributed by atoms with Crippen molar-refractivity contribution in [3.05, 3.63) is 36.3 Å². The molecule has 3 N–H and O–H groups in total. The Morgan fingerprint density at radius 1 is 1.26 bits per heavy atom. The lowest BCUT2D eigenvalue weighted by molar-refractivity contribution is 0.317. The zero-order chi connectivity index (χ0) is 13.5. The Balaban J connectivity index is 2.02. The molecule has 0 fully saturated rings. The van der Waals surface area contributed by atoms with Gasteiger partial charge in [-0.1, -0.05) is 6.92 Å². The molecule has 102 valence electrons. The van der Waals surface area contributed by atoms with Crippen molar-refractivity contribution in [1.82, 2.24) is 9.97 Å². The molecule has 1 aromatic carbocycles. The Kier molecular flexibility index (Phi) is 4.98. The number of nitrogens with zero attached hydrogens (tertiary/aromatic N) is 1. The Hall–Kier alpha value is -1.81. The van der Waals surface area contributed by atoms with Gasteiger partial charge in [-0.15, -0.1) is 0 Å². The van der Waals surface area contributed by atoms with Crippen LogP contribution in [-0.4, -0.2) is 23.1 Å². The van der Waals surface area contributed by atoms with Crippen molar-refractivity contribution in [3.63, 3.8) is 0 Å². The van der Waals surface area contributed by atoms with E-state index in [1.807, 2.05) is 30.5 Å². The highest BCUT2D eigenvalue weighted by Gasteiger charge is 2.03. The zero-order valence-corrected chi connectivity index (χ0v) is 11.4. The highest BCUT2D eigenvalue weighted by molar-refractivity contribution is 5.59. The Bertz CT molecular complexity index is 490. The lowest BCUT2D eigenvalue weighted by Crippen LogP contribution is -2.01. The van der Waals surface area contributed by atoms with E-state index in [1.54, 1.807) is 0 Å². The summed E-state index contributed by atoms with van der Waals surface area (Å²) < 4.78 is 5.56. The molecule has 4 nitrogen and oxygen atoms in total. The average molecular weight is 259 g/mol. The molecule has 0 radical (unpaired) electrons. The van der Waals surface area contributed by atoms with Gasteiger partial charge in [0.05, 0.1) is 18.5 Å². The summed E-state index contributed by atoms with van der Waals surface area (Å²) in [6.07, 6.45) is 4.74. The highest BCUT2D eigenvalue weighted by atomic mass is 16.5. The first-order chi connectivity index (χ1) is 9.33. The molecule has 4 heteroatoms. The maximum absolute atomic E-state index is 5.56. The van der Waals surface area contributed by atoms with Crippen molar-refractivity contribution in [3.8, 4) is 17.0 Å². The number of hydrogen-bond acceptors (Lipinski definition) is 3. The van der Waals surface area contributed by atoms with E-state index in [0.29, 0.717) is 6.54 Å². The quantitative estimate of drug-likeness (QED) is 0.803. The predicted octanol–water partition coefficient (Wildman–Crippen LogP) is 2.76. The summed E-state index contributed by atoms with van der Waals surface area (Å²) in [4.78, 5) is 7.68. The molecule has 0 bridgehead atoms. The van der Waals surface area contributed by atoms with Gasteiger partial charge < -0.3 is 15.5 Å². The third kappa shape index (κ3) is 3.83. The normalized spacial score (nSPS) is 10.6. The molecular weight excluding hydrogens is 238 g/mol. The van der Waals surface area contributed by atoms with Gasteiger partial charge in [0.1, 0.15) is 11.6 Å². The summed E-state index contributed by atoms with van der Waals surface area (Å²) in [6, 6.07) is 8.08. The maximum atomic E-state index is 5.56. The second kappa shape index (κ2) is 6.95. The molecule has 0 aliphatic rings. The number of aromatic nitrogens is 2. The van der Waals surface area contributed by atoms with Gasteiger partial charge in [0.25, 0.3) is 0 Å². The van der Waals surface area contributed by atoms with E-state index in [9.17, 15) is 0 Å². The number of ether oxygens (including phenoxy) is 1. The summed E-state index contributed by atoms with van der Waals surface area (Å²) in [5.74, 6) is 1.90. The van der Waals surface area contributed by atoms with Gasteiger partial charge in [0, 0.05) is 6.42 Å². The topological polar surface area (TPSA) is 63.9 Å². The molecule has 0 spiro atoms. The number of rotatable bonds is 7. The van der Waals surface area contributed by atoms with Crippen molar-refractivity contribution in [2.24, 2.45) is 5.73 Å². The summed E-state index contributed by atoms with van der Waals surface area (Å²) in [5.41, 5.74) is 7.65. The minimum atomic E-state index is 0.694. The van der Waals surface area contributed by atoms with Crippen LogP contribution in [0.5, 0.6) is 5.75 Å². The van der Waals surface area contributed by atoms with Crippen LogP contribution >= 0.6 is 0 Å². The third-order valence-corrected chi connectivity index (χ3v) is 2.88. The van der Waals surface area contributed by atoms with E-state index < -0.39 is 0 Å². The molecule has 0 saturated carbocycles. The van der Waals surface area contributed by atoms with Crippen LogP contribution in [0.4, 0.5) is 0 Å². The number of imidazole rings is 1. The Morgan fingerprint density at radius 2 is 2.05 bits per heavy atom. The number of benzene rings is 1. The first kappa shape index (κ1) is 13.6. The van der Waals surface area contributed by atoms with Crippen LogP contribution in [0.15, 0.2) is 30.5 Å². The van der Waals surface area contributed by atoms with Gasteiger partial charge in [-0.3, -0.25) is 0 Å². The van der Waals surface area contributed by atoms with Gasteiger partial charge >= 0.3 is 0 Å². The second-order valence-corrected chi connectivity index (χ2v) is 4.51. The summed E-state index contributed by atoms with van der Waals surface area (Å²) in [5, 5.41) is 0. The molecule has 0 atom stereocenters. The SMILES string of the molecule is CCCOc1ccc(-c2cnc(CCCN)[nH]2)cc1. The maximum Gasteiger partial charge on any atom is 0.119 e. The first-order valence-electron chi connectivity index (χ1n) is 6.80. The number of nitrogens with one attached hydrogen (secondary N) is 1. The van der Waals surface area contributed by atoms with E-state index in [2.05, 4.69) is 16.9 Å². The zero-order valence-electron chi connectivity index (χ0n) is 11.4. The summed E-state index contributed by atoms with van der Waals surface area (Å²) in [7, 11) is 0. The molecule has 0 aliphatic heterocycles. The number of aryl methyl sites for hydroxylation is 1. The minimum Gasteiger partial charge on any atom is -0.494 e. The van der Waals surface area contributed by atoms with Crippen LogP contribution in [-0.2, 0) is 6.42 Å². The fraction of sp³-hybridized carbons (Fsp3) is 0.400. The largest absolute Gasteiger partial charge is 0.494 e. The van der Waals surface area contributed by atoms with Crippen molar-refractivity contribution in [2.45, 2.75) is 26.2 Å². The van der Waals surface area contributed by atoms with Gasteiger partial charge in [-0.2, -0.15) is 0 Å². The molecule has 1 aromatic heterocycles. The molecular formula is C15H21N3O. The number of hydrogen-bond donors (Lipinski definition) is 2. The standard InChI is InChI=1S/C15H21N3O/c1-2-10-19-13-7-5-12(6-8-13)14-11-17-15(18-14)4-3-9-16/h5-8,11H,2-4,9-10,16H2,1H3,(H,17,18). The van der Waals surface area contributed by atoms with Crippen LogP contribution in [0.25, 0.3) is 11.3 Å². The fourth-order valence-corrected chi connectivity index (χ4v) is 1.86. The molecule has 0 unspecified atom stereocenters. The van der Waals surface area contributed by atoms with E-state index in [0.717, 1.165) is 48.7 Å². The monoisotopic (exact) mass is 259 g/mol. The van der Waals surface area contributed by atoms with Gasteiger partial charge in [0.2, 0.25) is 0 Å². The third-order valence-electron chi connectivity index (χ3n) is 2.88. The van der Waals surface area contributed by atoms with E-state index in [4.69, 9.17) is 10.5 Å². The van der Waals surface area contributed by atoms with E-state index in [-0.39, 0.29) is 0 Å². The first-order valence-corrected chi connectivity index (χ1v) is 6.80. The summed E-state index contributed by atoms with van der Waals surface area (Å²) in [6.45, 7) is 3.55. The van der Waals surface area contributed by atoms with Crippen LogP contribution in [0.3, 0.4) is 0 Å². The number of H-pyrrole nitrogens is 1. The van der Waals surface area contributed by atoms with Gasteiger partial charge in [0.15, 0.2) is 0 Å². The Morgan fingerprint density at radius 3 is 2.74 bits per heavy atom. The van der Waals surface area contributed by atoms with Crippen molar-refractivity contribution < 1.29 is 4.74 Å². The molecule has 2 aromatic rings. The molecule has 0 aliphatic carbocycles. The lowest BCUT2D eigenvalue weighted by Gasteiger charge is -2.04. The van der Waals surface area contributed by atoms with Crippen molar-refractivity contribution >= 4 is 0 Å². The van der Waals surface area contributed by atoms with E-state index >= 15 is 0 Å². The molecule has 1 heterocycles. The summed E-state index contributed by atoms with van der Waals surface area (Å²) >= 11 is 0. The van der Waals surface area contributed by atoms with Crippen LogP contribution in [0, 0.1) is 0 Å². The molecule has 0 saturated heterocycles. The lowest BCUT2D eigenvalue weighted by atomic mass is 10.1. The van der Waals surface area contributed by atoms with E-state index in [1.165, 1.54) is 0 Å². The van der Waals surface area contributed by atoms with Crippen LogP contribution in [0.1, 0.15) is 25.6 Å². The molecule has 2 rings (SSSR count). The smallest absolute Gasteiger partial charge is 0.119 e. The van der Waals surface area contributed by atoms with Crippen molar-refractivity contribution in [1.29, 1.82) is 0 Å². The predicted molar refractivity (Wildman–Crippen MR) is 77.2 cm³/mol. The molecule has 19 heavy (non-hydrogen) atoms. The fourth-order valence-electron chi connectivity index (χ4n) is 1.86. The van der Waals surface area contributed by atoms with Crippen molar-refractivity contribution in [2.75, 3.05) is 13.2 Å². The van der Waals surface area contributed by atoms with Crippen LogP contribution in [0.2, 0.25) is 0 Å². The number of nitrogens with two attached hydrogens (primary N) is 1. The van der Waals surface area contributed by atoms with Gasteiger partial charge in [-0.05, 0) is 49.2 Å². The molecule has 0 amide bonds.